The minimum atomic E-state index is -4.85. The molecule has 0 fully saturated rings. The number of ether oxygens (including phenoxy) is 2. The second-order valence-electron chi connectivity index (χ2n) is 5.83. The van der Waals surface area contributed by atoms with Gasteiger partial charge in [-0.25, -0.2) is 14.8 Å². The van der Waals surface area contributed by atoms with E-state index in [1.807, 2.05) is 0 Å². The van der Waals surface area contributed by atoms with Gasteiger partial charge >= 0.3 is 12.3 Å². The maximum absolute atomic E-state index is 12.6. The third-order valence-corrected chi connectivity index (χ3v) is 4.20. The van der Waals surface area contributed by atoms with Gasteiger partial charge in [-0.15, -0.1) is 13.2 Å². The van der Waals surface area contributed by atoms with Crippen LogP contribution in [0.5, 0.6) is 5.75 Å². The van der Waals surface area contributed by atoms with Gasteiger partial charge in [-0.3, -0.25) is 0 Å². The summed E-state index contributed by atoms with van der Waals surface area (Å²) in [6.07, 6.45) is -4.48. The molecule has 3 aromatic rings. The summed E-state index contributed by atoms with van der Waals surface area (Å²) in [7, 11) is 0. The van der Waals surface area contributed by atoms with Crippen molar-refractivity contribution in [2.24, 2.45) is 0 Å². The first kappa shape index (κ1) is 18.3. The molecule has 0 radical (unpaired) electrons. The minimum Gasteiger partial charge on any atom is -0.463 e. The lowest BCUT2D eigenvalue weighted by atomic mass is 10.0. The Bertz CT molecular complexity index is 1040. The molecular formula is C18H10ClF3N2O4. The average molecular weight is 411 g/mol. The molecule has 0 N–H and O–H groups in total. The van der Waals surface area contributed by atoms with Crippen LogP contribution in [0.2, 0.25) is 5.28 Å². The van der Waals surface area contributed by atoms with Crippen LogP contribution in [0.4, 0.5) is 13.2 Å². The number of fused-ring (bicyclic) bond motifs is 1. The van der Waals surface area contributed by atoms with Crippen molar-refractivity contribution < 1.29 is 31.9 Å². The molecule has 0 saturated heterocycles. The molecule has 0 spiro atoms. The molecule has 0 saturated carbocycles. The molecule has 4 rings (SSSR count). The SMILES string of the molecule is O=C1OC(Cc2ccccc2OC(F)(F)F)c2nc(Cl)nc(-c3ccco3)c21. The van der Waals surface area contributed by atoms with E-state index in [2.05, 4.69) is 14.7 Å². The molecule has 3 heterocycles. The fraction of sp³-hybridized carbons (Fsp3) is 0.167. The van der Waals surface area contributed by atoms with Crippen molar-refractivity contribution in [1.82, 2.24) is 9.97 Å². The van der Waals surface area contributed by atoms with E-state index in [1.165, 1.54) is 24.5 Å². The third kappa shape index (κ3) is 3.53. The number of esters is 1. The van der Waals surface area contributed by atoms with Crippen LogP contribution < -0.4 is 4.74 Å². The van der Waals surface area contributed by atoms with Gasteiger partial charge in [0.25, 0.3) is 0 Å². The Morgan fingerprint density at radius 3 is 2.64 bits per heavy atom. The van der Waals surface area contributed by atoms with Crippen molar-refractivity contribution in [2.45, 2.75) is 18.9 Å². The maximum Gasteiger partial charge on any atom is 0.573 e. The van der Waals surface area contributed by atoms with Gasteiger partial charge in [0.2, 0.25) is 5.28 Å². The molecule has 144 valence electrons. The number of hydrogen-bond donors (Lipinski definition) is 0. The van der Waals surface area contributed by atoms with Gasteiger partial charge in [-0.1, -0.05) is 18.2 Å². The van der Waals surface area contributed by atoms with E-state index in [9.17, 15) is 18.0 Å². The van der Waals surface area contributed by atoms with Gasteiger partial charge in [0, 0.05) is 6.42 Å². The van der Waals surface area contributed by atoms with Gasteiger partial charge < -0.3 is 13.9 Å². The summed E-state index contributed by atoms with van der Waals surface area (Å²) in [5.41, 5.74) is 0.601. The number of hydrogen-bond acceptors (Lipinski definition) is 6. The van der Waals surface area contributed by atoms with E-state index in [0.717, 1.165) is 0 Å². The van der Waals surface area contributed by atoms with E-state index in [4.69, 9.17) is 20.8 Å². The predicted octanol–water partition coefficient (Wildman–Crippen LogP) is 4.74. The van der Waals surface area contributed by atoms with E-state index >= 15 is 0 Å². The Morgan fingerprint density at radius 2 is 1.93 bits per heavy atom. The van der Waals surface area contributed by atoms with Crippen LogP contribution in [0.25, 0.3) is 11.5 Å². The second kappa shape index (κ2) is 6.83. The van der Waals surface area contributed by atoms with Crippen LogP contribution >= 0.6 is 11.6 Å². The highest BCUT2D eigenvalue weighted by molar-refractivity contribution is 6.28. The molecule has 0 bridgehead atoms. The number of benzene rings is 1. The summed E-state index contributed by atoms with van der Waals surface area (Å²) in [5, 5.41) is -0.145. The summed E-state index contributed by atoms with van der Waals surface area (Å²) >= 11 is 5.98. The molecule has 2 aromatic heterocycles. The van der Waals surface area contributed by atoms with Gasteiger partial charge in [-0.2, -0.15) is 0 Å². The van der Waals surface area contributed by atoms with E-state index in [0.29, 0.717) is 5.76 Å². The van der Waals surface area contributed by atoms with Crippen molar-refractivity contribution in [2.75, 3.05) is 0 Å². The van der Waals surface area contributed by atoms with Gasteiger partial charge in [0.1, 0.15) is 28.8 Å². The Labute approximate surface area is 160 Å². The van der Waals surface area contributed by atoms with Gasteiger partial charge in [0.15, 0.2) is 5.76 Å². The number of carbonyl (C=O) groups excluding carboxylic acids is 1. The minimum absolute atomic E-state index is 0.0681. The predicted molar refractivity (Wildman–Crippen MR) is 89.7 cm³/mol. The molecule has 1 aliphatic rings. The summed E-state index contributed by atoms with van der Waals surface area (Å²) in [5.74, 6) is -0.804. The van der Waals surface area contributed by atoms with E-state index in [-0.39, 0.29) is 40.0 Å². The zero-order valence-corrected chi connectivity index (χ0v) is 14.6. The molecular weight excluding hydrogens is 401 g/mol. The highest BCUT2D eigenvalue weighted by atomic mass is 35.5. The summed E-state index contributed by atoms with van der Waals surface area (Å²) in [6, 6.07) is 8.79. The Hall–Kier alpha value is -3.07. The number of cyclic esters (lactones) is 1. The number of aromatic nitrogens is 2. The van der Waals surface area contributed by atoms with Crippen molar-refractivity contribution >= 4 is 17.6 Å². The van der Waals surface area contributed by atoms with Crippen molar-refractivity contribution in [1.29, 1.82) is 0 Å². The largest absolute Gasteiger partial charge is 0.573 e. The Morgan fingerprint density at radius 1 is 1.14 bits per heavy atom. The zero-order valence-electron chi connectivity index (χ0n) is 13.9. The topological polar surface area (TPSA) is 74.5 Å². The van der Waals surface area contributed by atoms with Gasteiger partial charge in [-0.05, 0) is 35.4 Å². The van der Waals surface area contributed by atoms with Crippen LogP contribution in [-0.2, 0) is 11.2 Å². The van der Waals surface area contributed by atoms with Gasteiger partial charge in [0.05, 0.1) is 6.26 Å². The smallest absolute Gasteiger partial charge is 0.463 e. The summed E-state index contributed by atoms with van der Waals surface area (Å²) < 4.78 is 52.6. The Balaban J connectivity index is 1.72. The molecule has 1 aromatic carbocycles. The summed E-state index contributed by atoms with van der Waals surface area (Å²) in [6.45, 7) is 0. The Kier molecular flexibility index (Phi) is 4.46. The monoisotopic (exact) mass is 410 g/mol. The average Bonchev–Trinajstić information content (AvgIpc) is 3.24. The number of furan rings is 1. The van der Waals surface area contributed by atoms with Crippen LogP contribution in [0.3, 0.4) is 0 Å². The van der Waals surface area contributed by atoms with Crippen molar-refractivity contribution in [3.05, 3.63) is 64.8 Å². The number of halogens is 4. The third-order valence-electron chi connectivity index (χ3n) is 4.03. The lowest BCUT2D eigenvalue weighted by molar-refractivity contribution is -0.275. The molecule has 6 nitrogen and oxygen atoms in total. The molecule has 1 aliphatic heterocycles. The standard InChI is InChI=1S/C18H10ClF3N2O4/c19-17-23-14(11-6-3-7-26-11)13-15(24-17)12(27-16(13)25)8-9-4-1-2-5-10(9)28-18(20,21)22/h1-7,12H,8H2. The highest BCUT2D eigenvalue weighted by Gasteiger charge is 2.38. The van der Waals surface area contributed by atoms with Crippen LogP contribution in [-0.4, -0.2) is 22.3 Å². The number of para-hydroxylation sites is 1. The van der Waals surface area contributed by atoms with Crippen molar-refractivity contribution in [3.8, 4) is 17.2 Å². The summed E-state index contributed by atoms with van der Waals surface area (Å²) in [4.78, 5) is 20.5. The van der Waals surface area contributed by atoms with Crippen LogP contribution in [0.1, 0.15) is 27.7 Å². The highest BCUT2D eigenvalue weighted by Crippen LogP contribution is 2.39. The first-order valence-electron chi connectivity index (χ1n) is 7.98. The first-order valence-corrected chi connectivity index (χ1v) is 8.35. The lowest BCUT2D eigenvalue weighted by Crippen LogP contribution is -2.18. The molecule has 1 unspecified atom stereocenters. The van der Waals surface area contributed by atoms with Crippen LogP contribution in [0, 0.1) is 0 Å². The maximum atomic E-state index is 12.6. The molecule has 10 heteroatoms. The quantitative estimate of drug-likeness (QED) is 0.457. The number of carbonyl (C=O) groups is 1. The fourth-order valence-corrected chi connectivity index (χ4v) is 3.13. The van der Waals surface area contributed by atoms with Crippen LogP contribution in [0.15, 0.2) is 47.1 Å². The number of alkyl halides is 3. The number of rotatable bonds is 4. The molecule has 0 aliphatic carbocycles. The normalized spacial score (nSPS) is 16.0. The zero-order chi connectivity index (χ0) is 19.9. The first-order chi connectivity index (χ1) is 13.3. The fourth-order valence-electron chi connectivity index (χ4n) is 2.95. The van der Waals surface area contributed by atoms with E-state index < -0.39 is 18.4 Å². The lowest BCUT2D eigenvalue weighted by Gasteiger charge is -2.15. The second-order valence-corrected chi connectivity index (χ2v) is 6.17. The van der Waals surface area contributed by atoms with E-state index in [1.54, 1.807) is 18.2 Å². The molecule has 1 atom stereocenters. The molecule has 0 amide bonds. The number of nitrogens with zero attached hydrogens (tertiary/aromatic N) is 2. The van der Waals surface area contributed by atoms with Crippen molar-refractivity contribution in [3.63, 3.8) is 0 Å². The molecule has 28 heavy (non-hydrogen) atoms.